The zero-order valence-electron chi connectivity index (χ0n) is 17.6. The van der Waals surface area contributed by atoms with Crippen molar-refractivity contribution in [1.29, 1.82) is 0 Å². The normalized spacial score (nSPS) is 28.3. The maximum Gasteiger partial charge on any atom is 0.191 e. The highest BCUT2D eigenvalue weighted by Crippen LogP contribution is 2.34. The van der Waals surface area contributed by atoms with Gasteiger partial charge in [0.2, 0.25) is 0 Å². The van der Waals surface area contributed by atoms with E-state index in [0.29, 0.717) is 24.8 Å². The SMILES string of the molecule is CCNC(=NCC(c1ccc(OC)cc1)N1CCOCC1)NC1CC2CCC1O2. The molecule has 4 atom stereocenters. The fourth-order valence-electron chi connectivity index (χ4n) is 4.61. The molecule has 4 rings (SSSR count). The lowest BCUT2D eigenvalue weighted by atomic mass is 9.96. The smallest absolute Gasteiger partial charge is 0.191 e. The summed E-state index contributed by atoms with van der Waals surface area (Å²) in [4.78, 5) is 7.45. The summed E-state index contributed by atoms with van der Waals surface area (Å²) in [5.74, 6) is 1.77. The highest BCUT2D eigenvalue weighted by molar-refractivity contribution is 5.80. The molecule has 7 nitrogen and oxygen atoms in total. The summed E-state index contributed by atoms with van der Waals surface area (Å²) >= 11 is 0. The minimum absolute atomic E-state index is 0.219. The zero-order chi connectivity index (χ0) is 20.1. The summed E-state index contributed by atoms with van der Waals surface area (Å²) < 4.78 is 16.9. The van der Waals surface area contributed by atoms with Gasteiger partial charge >= 0.3 is 0 Å². The van der Waals surface area contributed by atoms with Crippen molar-refractivity contribution in [3.8, 4) is 5.75 Å². The number of rotatable bonds is 7. The average Bonchev–Trinajstić information content (AvgIpc) is 3.38. The van der Waals surface area contributed by atoms with Crippen LogP contribution >= 0.6 is 0 Å². The molecule has 4 unspecified atom stereocenters. The number of nitrogens with one attached hydrogen (secondary N) is 2. The molecular formula is C22H34N4O3. The Balaban J connectivity index is 1.47. The fraction of sp³-hybridized carbons (Fsp3) is 0.682. The second kappa shape index (κ2) is 9.78. The average molecular weight is 403 g/mol. The molecular weight excluding hydrogens is 368 g/mol. The van der Waals surface area contributed by atoms with E-state index in [1.54, 1.807) is 7.11 Å². The molecule has 1 aromatic carbocycles. The Kier molecular flexibility index (Phi) is 6.90. The van der Waals surface area contributed by atoms with Gasteiger partial charge in [0.05, 0.1) is 51.2 Å². The number of hydrogen-bond donors (Lipinski definition) is 2. The molecule has 3 aliphatic rings. The predicted molar refractivity (Wildman–Crippen MR) is 114 cm³/mol. The molecule has 2 bridgehead atoms. The summed E-state index contributed by atoms with van der Waals surface area (Å²) in [5, 5.41) is 7.04. The molecule has 160 valence electrons. The van der Waals surface area contributed by atoms with Crippen molar-refractivity contribution in [1.82, 2.24) is 15.5 Å². The summed E-state index contributed by atoms with van der Waals surface area (Å²) in [7, 11) is 1.70. The highest BCUT2D eigenvalue weighted by atomic mass is 16.5. The Labute approximate surface area is 173 Å². The van der Waals surface area contributed by atoms with Crippen molar-refractivity contribution < 1.29 is 14.2 Å². The fourth-order valence-corrected chi connectivity index (χ4v) is 4.61. The van der Waals surface area contributed by atoms with Gasteiger partial charge < -0.3 is 24.8 Å². The second-order valence-corrected chi connectivity index (χ2v) is 8.02. The molecule has 0 aromatic heterocycles. The van der Waals surface area contributed by atoms with Crippen molar-refractivity contribution in [2.24, 2.45) is 4.99 Å². The van der Waals surface area contributed by atoms with Gasteiger partial charge in [-0.3, -0.25) is 9.89 Å². The summed E-state index contributed by atoms with van der Waals surface area (Å²) in [6.07, 6.45) is 4.21. The molecule has 3 fully saturated rings. The van der Waals surface area contributed by atoms with Crippen LogP contribution in [0.4, 0.5) is 0 Å². The van der Waals surface area contributed by atoms with Crippen LogP contribution in [0.25, 0.3) is 0 Å². The minimum atomic E-state index is 0.219. The highest BCUT2D eigenvalue weighted by Gasteiger charge is 2.41. The van der Waals surface area contributed by atoms with E-state index in [1.807, 2.05) is 12.1 Å². The van der Waals surface area contributed by atoms with Crippen molar-refractivity contribution in [3.05, 3.63) is 29.8 Å². The van der Waals surface area contributed by atoms with E-state index in [1.165, 1.54) is 12.0 Å². The molecule has 7 heteroatoms. The molecule has 0 saturated carbocycles. The van der Waals surface area contributed by atoms with Gasteiger partial charge in [-0.05, 0) is 43.9 Å². The number of morpholine rings is 1. The number of fused-ring (bicyclic) bond motifs is 2. The summed E-state index contributed by atoms with van der Waals surface area (Å²) in [6.45, 7) is 7.06. The van der Waals surface area contributed by atoms with E-state index in [2.05, 4.69) is 34.6 Å². The Morgan fingerprint density at radius 1 is 1.24 bits per heavy atom. The Morgan fingerprint density at radius 2 is 2.03 bits per heavy atom. The van der Waals surface area contributed by atoms with Crippen LogP contribution in [0.3, 0.4) is 0 Å². The Bertz CT molecular complexity index is 675. The van der Waals surface area contributed by atoms with Crippen molar-refractivity contribution >= 4 is 5.96 Å². The largest absolute Gasteiger partial charge is 0.497 e. The number of hydrogen-bond acceptors (Lipinski definition) is 5. The van der Waals surface area contributed by atoms with Crippen molar-refractivity contribution in [2.45, 2.75) is 50.5 Å². The monoisotopic (exact) mass is 402 g/mol. The van der Waals surface area contributed by atoms with Gasteiger partial charge in [-0.15, -0.1) is 0 Å². The maximum atomic E-state index is 6.00. The van der Waals surface area contributed by atoms with Crippen molar-refractivity contribution in [2.75, 3.05) is 46.5 Å². The third kappa shape index (κ3) is 5.02. The van der Waals surface area contributed by atoms with Crippen LogP contribution in [-0.2, 0) is 9.47 Å². The lowest BCUT2D eigenvalue weighted by molar-refractivity contribution is 0.0179. The molecule has 3 aliphatic heterocycles. The number of ether oxygens (including phenoxy) is 3. The predicted octanol–water partition coefficient (Wildman–Crippen LogP) is 1.94. The third-order valence-electron chi connectivity index (χ3n) is 6.18. The number of benzene rings is 1. The second-order valence-electron chi connectivity index (χ2n) is 8.02. The first-order valence-corrected chi connectivity index (χ1v) is 10.9. The lowest BCUT2D eigenvalue weighted by Crippen LogP contribution is -2.48. The van der Waals surface area contributed by atoms with E-state index in [0.717, 1.165) is 57.4 Å². The molecule has 0 radical (unpaired) electrons. The zero-order valence-corrected chi connectivity index (χ0v) is 17.6. The van der Waals surface area contributed by atoms with Crippen molar-refractivity contribution in [3.63, 3.8) is 0 Å². The number of methoxy groups -OCH3 is 1. The standard InChI is InChI=1S/C22H34N4O3/c1-3-23-22(25-19-14-18-8-9-21(19)29-18)24-15-20(26-10-12-28-13-11-26)16-4-6-17(27-2)7-5-16/h4-7,18-21H,3,8-15H2,1-2H3,(H2,23,24,25). The number of nitrogens with zero attached hydrogens (tertiary/aromatic N) is 2. The Morgan fingerprint density at radius 3 is 2.66 bits per heavy atom. The Hall–Kier alpha value is -1.83. The van der Waals surface area contributed by atoms with Crippen LogP contribution in [0.1, 0.15) is 37.8 Å². The summed E-state index contributed by atoms with van der Waals surface area (Å²) in [5.41, 5.74) is 1.26. The van der Waals surface area contributed by atoms with Crippen LogP contribution in [-0.4, -0.2) is 75.6 Å². The number of guanidine groups is 1. The lowest BCUT2D eigenvalue weighted by Gasteiger charge is -2.34. The van der Waals surface area contributed by atoms with Gasteiger partial charge in [-0.2, -0.15) is 0 Å². The molecule has 29 heavy (non-hydrogen) atoms. The molecule has 3 heterocycles. The van der Waals surface area contributed by atoms with Gasteiger partial charge in [-0.1, -0.05) is 12.1 Å². The summed E-state index contributed by atoms with van der Waals surface area (Å²) in [6, 6.07) is 8.95. The van der Waals surface area contributed by atoms with E-state index >= 15 is 0 Å². The first kappa shape index (κ1) is 20.4. The van der Waals surface area contributed by atoms with Crippen LogP contribution in [0, 0.1) is 0 Å². The van der Waals surface area contributed by atoms with Crippen LogP contribution < -0.4 is 15.4 Å². The van der Waals surface area contributed by atoms with E-state index in [-0.39, 0.29) is 6.04 Å². The molecule has 0 amide bonds. The van der Waals surface area contributed by atoms with Gasteiger partial charge in [0.1, 0.15) is 5.75 Å². The van der Waals surface area contributed by atoms with E-state index < -0.39 is 0 Å². The molecule has 0 aliphatic carbocycles. The molecule has 1 aromatic rings. The molecule has 0 spiro atoms. The third-order valence-corrected chi connectivity index (χ3v) is 6.18. The van der Waals surface area contributed by atoms with Crippen LogP contribution in [0.5, 0.6) is 5.75 Å². The first-order chi connectivity index (χ1) is 14.3. The minimum Gasteiger partial charge on any atom is -0.497 e. The maximum absolute atomic E-state index is 6.00. The van der Waals surface area contributed by atoms with Gasteiger partial charge in [-0.25, -0.2) is 0 Å². The van der Waals surface area contributed by atoms with Gasteiger partial charge in [0, 0.05) is 19.6 Å². The quantitative estimate of drug-likeness (QED) is 0.537. The molecule has 2 N–H and O–H groups in total. The van der Waals surface area contributed by atoms with Gasteiger partial charge in [0.25, 0.3) is 0 Å². The topological polar surface area (TPSA) is 67.4 Å². The van der Waals surface area contributed by atoms with Crippen LogP contribution in [0.15, 0.2) is 29.3 Å². The molecule has 3 saturated heterocycles. The van der Waals surface area contributed by atoms with E-state index in [4.69, 9.17) is 19.2 Å². The van der Waals surface area contributed by atoms with Gasteiger partial charge in [0.15, 0.2) is 5.96 Å². The first-order valence-electron chi connectivity index (χ1n) is 10.9. The number of aliphatic imine (C=N–C) groups is 1. The van der Waals surface area contributed by atoms with E-state index in [9.17, 15) is 0 Å². The van der Waals surface area contributed by atoms with Crippen LogP contribution in [0.2, 0.25) is 0 Å².